The summed E-state index contributed by atoms with van der Waals surface area (Å²) in [6, 6.07) is 5.86. The second-order valence-electron chi connectivity index (χ2n) is 10.6. The van der Waals surface area contributed by atoms with E-state index in [0.717, 1.165) is 40.7 Å². The van der Waals surface area contributed by atoms with Gasteiger partial charge in [-0.15, -0.1) is 0 Å². The van der Waals surface area contributed by atoms with Gasteiger partial charge in [-0.2, -0.15) is 0 Å². The van der Waals surface area contributed by atoms with Gasteiger partial charge in [0.1, 0.15) is 5.82 Å². The second kappa shape index (κ2) is 9.31. The van der Waals surface area contributed by atoms with Crippen LogP contribution in [0.2, 0.25) is 0 Å². The largest absolute Gasteiger partial charge is 0.207 e. The molecule has 0 aliphatic heterocycles. The smallest absolute Gasteiger partial charge is 0.126 e. The SMILES string of the molecule is CCCCC1CCC2CC(C3CCC(c4ccc(C)cc4F)CC3)CCC2C1. The topological polar surface area (TPSA) is 0 Å². The van der Waals surface area contributed by atoms with Crippen LogP contribution in [0.15, 0.2) is 18.2 Å². The number of fused-ring (bicyclic) bond motifs is 1. The van der Waals surface area contributed by atoms with Crippen molar-refractivity contribution in [2.24, 2.45) is 29.6 Å². The molecule has 0 spiro atoms. The first kappa shape index (κ1) is 20.4. The van der Waals surface area contributed by atoms with Crippen LogP contribution in [0.3, 0.4) is 0 Å². The summed E-state index contributed by atoms with van der Waals surface area (Å²) in [5, 5.41) is 0. The van der Waals surface area contributed by atoms with Crippen LogP contribution in [-0.2, 0) is 0 Å². The molecule has 0 amide bonds. The average Bonchev–Trinajstić information content (AvgIpc) is 2.72. The van der Waals surface area contributed by atoms with Crippen molar-refractivity contribution in [1.82, 2.24) is 0 Å². The summed E-state index contributed by atoms with van der Waals surface area (Å²) in [5.74, 6) is 5.50. The Morgan fingerprint density at radius 3 is 2.18 bits per heavy atom. The molecule has 0 aromatic heterocycles. The summed E-state index contributed by atoms with van der Waals surface area (Å²) in [6.45, 7) is 4.32. The molecule has 1 aromatic carbocycles. The third kappa shape index (κ3) is 4.65. The second-order valence-corrected chi connectivity index (χ2v) is 10.6. The van der Waals surface area contributed by atoms with E-state index < -0.39 is 0 Å². The molecule has 0 N–H and O–H groups in total. The normalized spacial score (nSPS) is 36.1. The fourth-order valence-electron chi connectivity index (χ4n) is 7.07. The lowest BCUT2D eigenvalue weighted by molar-refractivity contribution is 0.0613. The Bertz CT molecular complexity index is 627. The lowest BCUT2D eigenvalue weighted by atomic mass is 9.60. The van der Waals surface area contributed by atoms with Crippen molar-refractivity contribution in [1.29, 1.82) is 0 Å². The fourth-order valence-corrected chi connectivity index (χ4v) is 7.07. The van der Waals surface area contributed by atoms with Gasteiger partial charge in [-0.3, -0.25) is 0 Å². The highest BCUT2D eigenvalue weighted by Crippen LogP contribution is 2.50. The van der Waals surface area contributed by atoms with E-state index in [0.29, 0.717) is 5.92 Å². The highest BCUT2D eigenvalue weighted by Gasteiger charge is 2.38. The molecule has 1 heteroatoms. The summed E-state index contributed by atoms with van der Waals surface area (Å²) < 4.78 is 14.4. The molecule has 4 unspecified atom stereocenters. The third-order valence-corrected chi connectivity index (χ3v) is 8.76. The Morgan fingerprint density at radius 2 is 1.46 bits per heavy atom. The first-order chi connectivity index (χ1) is 13.6. The number of unbranched alkanes of at least 4 members (excludes halogenated alkanes) is 1. The van der Waals surface area contributed by atoms with Crippen molar-refractivity contribution in [2.75, 3.05) is 0 Å². The van der Waals surface area contributed by atoms with E-state index in [1.807, 2.05) is 6.92 Å². The summed E-state index contributed by atoms with van der Waals surface area (Å²) in [5.41, 5.74) is 2.02. The van der Waals surface area contributed by atoms with Gasteiger partial charge in [0.05, 0.1) is 0 Å². The molecule has 4 rings (SSSR count). The van der Waals surface area contributed by atoms with Gasteiger partial charge < -0.3 is 0 Å². The van der Waals surface area contributed by atoms with Gasteiger partial charge in [-0.25, -0.2) is 4.39 Å². The van der Waals surface area contributed by atoms with E-state index in [1.165, 1.54) is 83.5 Å². The molecule has 0 bridgehead atoms. The van der Waals surface area contributed by atoms with Crippen molar-refractivity contribution < 1.29 is 4.39 Å². The minimum atomic E-state index is 0.0313. The van der Waals surface area contributed by atoms with Crippen LogP contribution in [0, 0.1) is 42.3 Å². The highest BCUT2D eigenvalue weighted by molar-refractivity contribution is 5.26. The van der Waals surface area contributed by atoms with Gasteiger partial charge in [0.2, 0.25) is 0 Å². The zero-order valence-corrected chi connectivity index (χ0v) is 18.3. The Kier molecular flexibility index (Phi) is 6.79. The monoisotopic (exact) mass is 384 g/mol. The fraction of sp³-hybridized carbons (Fsp3) is 0.778. The molecular formula is C27H41F. The van der Waals surface area contributed by atoms with E-state index in [2.05, 4.69) is 19.1 Å². The molecule has 0 radical (unpaired) electrons. The van der Waals surface area contributed by atoms with Crippen molar-refractivity contribution in [2.45, 2.75) is 103 Å². The standard InChI is InChI=1S/C27H41F/c1-3-4-5-20-7-8-25-18-24(14-13-23(25)17-20)21-9-11-22(12-10-21)26-15-6-19(2)16-27(26)28/h6,15-16,20-25H,3-5,7-14,17-18H2,1-2H3. The molecule has 4 atom stereocenters. The van der Waals surface area contributed by atoms with Crippen LogP contribution in [0.4, 0.5) is 4.39 Å². The Hall–Kier alpha value is -0.850. The van der Waals surface area contributed by atoms with Gasteiger partial charge in [-0.05, 0) is 117 Å². The van der Waals surface area contributed by atoms with Gasteiger partial charge in [0.25, 0.3) is 0 Å². The maximum atomic E-state index is 14.4. The number of rotatable bonds is 5. The maximum Gasteiger partial charge on any atom is 0.126 e. The summed E-state index contributed by atoms with van der Waals surface area (Å²) in [7, 11) is 0. The minimum absolute atomic E-state index is 0.0313. The van der Waals surface area contributed by atoms with Gasteiger partial charge in [-0.1, -0.05) is 44.7 Å². The van der Waals surface area contributed by atoms with Crippen LogP contribution in [0.1, 0.15) is 107 Å². The number of benzene rings is 1. The number of halogens is 1. The molecule has 3 fully saturated rings. The minimum Gasteiger partial charge on any atom is -0.207 e. The molecule has 156 valence electrons. The van der Waals surface area contributed by atoms with Crippen molar-refractivity contribution in [3.05, 3.63) is 35.1 Å². The van der Waals surface area contributed by atoms with Crippen LogP contribution < -0.4 is 0 Å². The Labute approximate surface area is 172 Å². The summed E-state index contributed by atoms with van der Waals surface area (Å²) in [6.07, 6.45) is 18.4. The Balaban J connectivity index is 1.27. The third-order valence-electron chi connectivity index (χ3n) is 8.76. The van der Waals surface area contributed by atoms with Crippen molar-refractivity contribution in [3.8, 4) is 0 Å². The van der Waals surface area contributed by atoms with E-state index >= 15 is 0 Å². The summed E-state index contributed by atoms with van der Waals surface area (Å²) >= 11 is 0. The zero-order valence-electron chi connectivity index (χ0n) is 18.3. The summed E-state index contributed by atoms with van der Waals surface area (Å²) in [4.78, 5) is 0. The van der Waals surface area contributed by atoms with E-state index in [-0.39, 0.29) is 5.82 Å². The van der Waals surface area contributed by atoms with Crippen LogP contribution >= 0.6 is 0 Å². The molecule has 28 heavy (non-hydrogen) atoms. The molecular weight excluding hydrogens is 343 g/mol. The van der Waals surface area contributed by atoms with E-state index in [9.17, 15) is 4.39 Å². The Morgan fingerprint density at radius 1 is 0.821 bits per heavy atom. The lowest BCUT2D eigenvalue weighted by Gasteiger charge is -2.45. The van der Waals surface area contributed by atoms with Gasteiger partial charge >= 0.3 is 0 Å². The molecule has 0 saturated heterocycles. The molecule has 3 saturated carbocycles. The molecule has 1 aromatic rings. The first-order valence-electron chi connectivity index (χ1n) is 12.4. The molecule has 3 aliphatic rings. The number of aryl methyl sites for hydroxylation is 1. The average molecular weight is 385 g/mol. The zero-order chi connectivity index (χ0) is 19.5. The van der Waals surface area contributed by atoms with E-state index in [4.69, 9.17) is 0 Å². The van der Waals surface area contributed by atoms with Crippen LogP contribution in [0.25, 0.3) is 0 Å². The van der Waals surface area contributed by atoms with Crippen LogP contribution in [-0.4, -0.2) is 0 Å². The molecule has 0 heterocycles. The van der Waals surface area contributed by atoms with Crippen molar-refractivity contribution in [3.63, 3.8) is 0 Å². The van der Waals surface area contributed by atoms with Crippen molar-refractivity contribution >= 4 is 0 Å². The lowest BCUT2D eigenvalue weighted by Crippen LogP contribution is -2.34. The first-order valence-corrected chi connectivity index (χ1v) is 12.4. The quantitative estimate of drug-likeness (QED) is 0.478. The van der Waals surface area contributed by atoms with Crippen LogP contribution in [0.5, 0.6) is 0 Å². The van der Waals surface area contributed by atoms with Gasteiger partial charge in [0, 0.05) is 0 Å². The predicted octanol–water partition coefficient (Wildman–Crippen LogP) is 8.43. The molecule has 3 aliphatic carbocycles. The highest BCUT2D eigenvalue weighted by atomic mass is 19.1. The molecule has 0 nitrogen and oxygen atoms in total. The maximum absolute atomic E-state index is 14.4. The predicted molar refractivity (Wildman–Crippen MR) is 117 cm³/mol. The van der Waals surface area contributed by atoms with E-state index in [1.54, 1.807) is 6.07 Å². The number of hydrogen-bond donors (Lipinski definition) is 0. The number of hydrogen-bond acceptors (Lipinski definition) is 0. The van der Waals surface area contributed by atoms with Gasteiger partial charge in [0.15, 0.2) is 0 Å².